The minimum absolute atomic E-state index is 0.108. The highest BCUT2D eigenvalue weighted by Gasteiger charge is 2.52. The number of aromatic amines is 1. The van der Waals surface area contributed by atoms with Gasteiger partial charge in [-0.3, -0.25) is 39.2 Å². The number of nitrogens with one attached hydrogen (secondary N) is 1. The maximum absolute atomic E-state index is 11.7. The van der Waals surface area contributed by atoms with E-state index < -0.39 is 32.3 Å². The summed E-state index contributed by atoms with van der Waals surface area (Å²) in [5.41, 5.74) is 5.00. The van der Waals surface area contributed by atoms with Crippen molar-refractivity contribution >= 4 is 29.9 Å². The minimum Gasteiger partial charge on any atom is -0.499 e. The third kappa shape index (κ3) is 11.3. The Hall–Kier alpha value is -5.37. The quantitative estimate of drug-likeness (QED) is 0.208. The highest BCUT2D eigenvalue weighted by Crippen LogP contribution is 2.39. The molecule has 55 heavy (non-hydrogen) atoms. The van der Waals surface area contributed by atoms with Crippen molar-refractivity contribution in [3.05, 3.63) is 124 Å². The molecule has 2 saturated heterocycles. The normalized spacial score (nSPS) is 19.6. The highest BCUT2D eigenvalue weighted by molar-refractivity contribution is 6.54. The molecular weight excluding hydrogens is 719 g/mol. The van der Waals surface area contributed by atoms with Crippen LogP contribution in [0.4, 0.5) is 17.1 Å². The van der Waals surface area contributed by atoms with Crippen LogP contribution in [0.25, 0.3) is 5.70 Å². The summed E-state index contributed by atoms with van der Waals surface area (Å²) < 4.78 is 30.6. The van der Waals surface area contributed by atoms with E-state index in [1.807, 2.05) is 0 Å². The van der Waals surface area contributed by atoms with Gasteiger partial charge < -0.3 is 38.8 Å². The SMILES string of the molecule is CC1(C)OB(C2=CCOCC2)OC1(C)C.Nc1cccn(C2CCCOC2)c1=O.O=c1[nH]cccc1[N+](=O)[O-].O=c1c([N+](=O)[O-])cccn1C1=COCCC1. The molecular formula is C36H47BN6O12. The van der Waals surface area contributed by atoms with Crippen LogP contribution >= 0.6 is 0 Å². The number of nitrogens with zero attached hydrogens (tertiary/aromatic N) is 4. The van der Waals surface area contributed by atoms with Gasteiger partial charge in [0.2, 0.25) is 0 Å². The van der Waals surface area contributed by atoms with Crippen molar-refractivity contribution in [3.8, 4) is 0 Å². The van der Waals surface area contributed by atoms with Gasteiger partial charge in [0.25, 0.3) is 5.56 Å². The molecule has 7 rings (SSSR count). The van der Waals surface area contributed by atoms with Gasteiger partial charge in [-0.1, -0.05) is 6.08 Å². The number of nitro groups is 2. The topological polar surface area (TPSA) is 235 Å². The third-order valence-electron chi connectivity index (χ3n) is 9.43. The summed E-state index contributed by atoms with van der Waals surface area (Å²) in [5.74, 6) is 0. The molecule has 2 fully saturated rings. The standard InChI is InChI=1S/C11H19BO3.C10H10N2O4.C10H14N2O2.C5H4N2O3/c1-10(2)11(3,4)15-12(14-10)9-5-7-13-8-6-9;13-10-9(12(14)15)4-1-5-11(10)8-3-2-6-16-7-8;11-9-4-1-5-12(10(9)13)8-3-2-6-14-7-8;8-5-4(7(9)10)2-1-3-6-5/h5H,6-8H2,1-4H3;1,4-5,7H,2-3,6H2;1,4-5,8H,2-3,6-7,11H2;1-3H,(H,6,8). The highest BCUT2D eigenvalue weighted by atomic mass is 16.7. The Morgan fingerprint density at radius 3 is 2.11 bits per heavy atom. The maximum Gasteiger partial charge on any atom is 0.490 e. The van der Waals surface area contributed by atoms with Gasteiger partial charge in [-0.25, -0.2) is 0 Å². The number of rotatable bonds is 5. The zero-order valence-corrected chi connectivity index (χ0v) is 31.3. The lowest BCUT2D eigenvalue weighted by molar-refractivity contribution is -0.386. The Morgan fingerprint density at radius 2 is 1.55 bits per heavy atom. The van der Waals surface area contributed by atoms with E-state index in [0.29, 0.717) is 37.6 Å². The summed E-state index contributed by atoms with van der Waals surface area (Å²) >= 11 is 0. The molecule has 0 saturated carbocycles. The van der Waals surface area contributed by atoms with Crippen molar-refractivity contribution in [3.63, 3.8) is 0 Å². The lowest BCUT2D eigenvalue weighted by Crippen LogP contribution is -2.41. The molecule has 3 N–H and O–H groups in total. The van der Waals surface area contributed by atoms with Crippen LogP contribution in [0.5, 0.6) is 0 Å². The van der Waals surface area contributed by atoms with Crippen LogP contribution in [0, 0.1) is 20.2 Å². The molecule has 1 atom stereocenters. The van der Waals surface area contributed by atoms with E-state index in [4.69, 9.17) is 29.3 Å². The third-order valence-corrected chi connectivity index (χ3v) is 9.43. The number of ether oxygens (including phenoxy) is 3. The lowest BCUT2D eigenvalue weighted by atomic mass is 9.75. The number of pyridine rings is 3. The molecule has 4 aliphatic heterocycles. The number of hydrogen-bond acceptors (Lipinski definition) is 13. The van der Waals surface area contributed by atoms with Crippen LogP contribution in [0.15, 0.2) is 87.2 Å². The average molecular weight is 767 g/mol. The molecule has 0 radical (unpaired) electrons. The van der Waals surface area contributed by atoms with Crippen LogP contribution in [0.1, 0.15) is 65.8 Å². The fourth-order valence-corrected chi connectivity index (χ4v) is 5.64. The van der Waals surface area contributed by atoms with E-state index in [1.54, 1.807) is 22.9 Å². The van der Waals surface area contributed by atoms with E-state index in [2.05, 4.69) is 38.8 Å². The fraction of sp³-hybridized carbons (Fsp3) is 0.472. The monoisotopic (exact) mass is 766 g/mol. The summed E-state index contributed by atoms with van der Waals surface area (Å²) in [7, 11) is -0.182. The Labute approximate surface area is 316 Å². The predicted molar refractivity (Wildman–Crippen MR) is 204 cm³/mol. The molecule has 0 amide bonds. The number of anilines is 1. The van der Waals surface area contributed by atoms with Crippen LogP contribution in [-0.2, 0) is 23.5 Å². The molecule has 1 unspecified atom stereocenters. The van der Waals surface area contributed by atoms with E-state index in [-0.39, 0.29) is 29.9 Å². The molecule has 0 spiro atoms. The maximum atomic E-state index is 11.7. The molecule has 7 heterocycles. The Balaban J connectivity index is 0.000000165. The second kappa shape index (κ2) is 19.3. The first-order valence-corrected chi connectivity index (χ1v) is 17.8. The summed E-state index contributed by atoms with van der Waals surface area (Å²) in [6, 6.07) is 8.81. The van der Waals surface area contributed by atoms with Crippen LogP contribution < -0.4 is 22.4 Å². The first kappa shape index (κ1) is 42.4. The molecule has 296 valence electrons. The minimum atomic E-state index is -0.723. The van der Waals surface area contributed by atoms with Gasteiger partial charge in [0.1, 0.15) is 6.26 Å². The number of nitrogen functional groups attached to an aromatic ring is 1. The summed E-state index contributed by atoms with van der Waals surface area (Å²) in [5, 5.41) is 20.6. The second-order valence-corrected chi connectivity index (χ2v) is 13.8. The molecule has 0 aliphatic carbocycles. The van der Waals surface area contributed by atoms with Crippen LogP contribution in [0.2, 0.25) is 0 Å². The van der Waals surface area contributed by atoms with Crippen LogP contribution in [-0.4, -0.2) is 75.3 Å². The first-order chi connectivity index (χ1) is 26.1. The van der Waals surface area contributed by atoms with Crippen molar-refractivity contribution in [2.24, 2.45) is 0 Å². The lowest BCUT2D eigenvalue weighted by Gasteiger charge is -2.32. The molecule has 3 aromatic rings. The van der Waals surface area contributed by atoms with E-state index in [0.717, 1.165) is 45.0 Å². The number of allylic oxidation sites excluding steroid dienone is 1. The molecule has 0 bridgehead atoms. The molecule has 0 aromatic carbocycles. The van der Waals surface area contributed by atoms with Gasteiger partial charge in [0, 0.05) is 37.3 Å². The number of nitrogens with two attached hydrogens (primary N) is 1. The van der Waals surface area contributed by atoms with Crippen molar-refractivity contribution in [1.82, 2.24) is 14.1 Å². The van der Waals surface area contributed by atoms with Gasteiger partial charge in [-0.2, -0.15) is 0 Å². The van der Waals surface area contributed by atoms with Crippen molar-refractivity contribution in [1.29, 1.82) is 0 Å². The van der Waals surface area contributed by atoms with Crippen molar-refractivity contribution < 1.29 is 33.4 Å². The van der Waals surface area contributed by atoms with Gasteiger partial charge >= 0.3 is 29.6 Å². The zero-order valence-electron chi connectivity index (χ0n) is 31.3. The molecule has 19 heteroatoms. The van der Waals surface area contributed by atoms with Gasteiger partial charge in [0.15, 0.2) is 0 Å². The average Bonchev–Trinajstić information content (AvgIpc) is 3.40. The van der Waals surface area contributed by atoms with Gasteiger partial charge in [-0.05, 0) is 89.5 Å². The molecule has 18 nitrogen and oxygen atoms in total. The summed E-state index contributed by atoms with van der Waals surface area (Å²) in [6.07, 6.45) is 12.6. The number of hydrogen-bond donors (Lipinski definition) is 2. The Bertz CT molecular complexity index is 2020. The summed E-state index contributed by atoms with van der Waals surface area (Å²) in [6.45, 7) is 11.8. The first-order valence-electron chi connectivity index (χ1n) is 17.8. The Kier molecular flexibility index (Phi) is 14.9. The van der Waals surface area contributed by atoms with E-state index >= 15 is 0 Å². The second-order valence-electron chi connectivity index (χ2n) is 13.8. The van der Waals surface area contributed by atoms with E-state index in [9.17, 15) is 34.6 Å². The zero-order chi connectivity index (χ0) is 40.2. The number of H-pyrrole nitrogens is 1. The molecule has 4 aliphatic rings. The fourth-order valence-electron chi connectivity index (χ4n) is 5.64. The van der Waals surface area contributed by atoms with Crippen molar-refractivity contribution in [2.45, 2.75) is 77.0 Å². The smallest absolute Gasteiger partial charge is 0.490 e. The largest absolute Gasteiger partial charge is 0.499 e. The van der Waals surface area contributed by atoms with Gasteiger partial charge in [-0.15, -0.1) is 0 Å². The van der Waals surface area contributed by atoms with E-state index in [1.165, 1.54) is 46.9 Å². The van der Waals surface area contributed by atoms with Crippen LogP contribution in [0.3, 0.4) is 0 Å². The van der Waals surface area contributed by atoms with Crippen molar-refractivity contribution in [2.75, 3.05) is 38.8 Å². The molecule has 3 aromatic heterocycles. The summed E-state index contributed by atoms with van der Waals surface area (Å²) in [4.78, 5) is 55.3. The predicted octanol–water partition coefficient (Wildman–Crippen LogP) is 4.39. The number of aromatic nitrogens is 3. The Morgan fingerprint density at radius 1 is 0.855 bits per heavy atom. The van der Waals surface area contributed by atoms with Gasteiger partial charge in [0.05, 0.1) is 64.9 Å².